The molecule has 1 rings (SSSR count). The number of rotatable bonds is 5. The second kappa shape index (κ2) is 6.18. The molecule has 1 atom stereocenters. The van der Waals surface area contributed by atoms with Crippen LogP contribution in [-0.2, 0) is 4.74 Å². The van der Waals surface area contributed by atoms with E-state index >= 15 is 0 Å². The Kier molecular flexibility index (Phi) is 5.19. The summed E-state index contributed by atoms with van der Waals surface area (Å²) in [7, 11) is 1.80. The Balaban J connectivity index is 2.81. The second-order valence-corrected chi connectivity index (χ2v) is 4.30. The minimum Gasteiger partial charge on any atom is -0.377 e. The molecule has 0 radical (unpaired) electrons. The van der Waals surface area contributed by atoms with E-state index in [1.54, 1.807) is 13.1 Å². The van der Waals surface area contributed by atoms with Gasteiger partial charge in [0, 0.05) is 5.02 Å². The third-order valence-electron chi connectivity index (χ3n) is 2.28. The molecule has 0 saturated carbocycles. The van der Waals surface area contributed by atoms with E-state index in [-0.39, 0.29) is 18.0 Å². The number of likely N-dealkylation sites (N-methyl/N-ethyl adjacent to an activating group) is 1. The summed E-state index contributed by atoms with van der Waals surface area (Å²) in [5.74, 6) is -0.288. The van der Waals surface area contributed by atoms with Crippen molar-refractivity contribution < 1.29 is 9.13 Å². The van der Waals surface area contributed by atoms with Crippen molar-refractivity contribution in [3.8, 4) is 0 Å². The van der Waals surface area contributed by atoms with Crippen molar-refractivity contribution in [3.05, 3.63) is 34.6 Å². The molecule has 90 valence electrons. The second-order valence-electron chi connectivity index (χ2n) is 3.89. The smallest absolute Gasteiger partial charge is 0.123 e. The Morgan fingerprint density at radius 1 is 1.44 bits per heavy atom. The van der Waals surface area contributed by atoms with E-state index < -0.39 is 0 Å². The summed E-state index contributed by atoms with van der Waals surface area (Å²) in [6, 6.07) is 4.26. The summed E-state index contributed by atoms with van der Waals surface area (Å²) in [4.78, 5) is 0. The number of hydrogen-bond acceptors (Lipinski definition) is 2. The lowest BCUT2D eigenvalue weighted by Gasteiger charge is -2.19. The van der Waals surface area contributed by atoms with E-state index in [1.165, 1.54) is 12.1 Å². The Labute approximate surface area is 101 Å². The third kappa shape index (κ3) is 3.74. The standard InChI is InChI=1S/C12H17ClFNO/c1-8(2)16-7-12(15-3)10-6-9(14)4-5-11(10)13/h4-6,8,12,15H,7H2,1-3H3. The van der Waals surface area contributed by atoms with Crippen LogP contribution in [0.5, 0.6) is 0 Å². The van der Waals surface area contributed by atoms with Crippen LogP contribution in [0, 0.1) is 5.82 Å². The van der Waals surface area contributed by atoms with Crippen LogP contribution in [0.3, 0.4) is 0 Å². The van der Waals surface area contributed by atoms with Gasteiger partial charge in [0.2, 0.25) is 0 Å². The number of halogens is 2. The molecule has 1 aromatic carbocycles. The highest BCUT2D eigenvalue weighted by Gasteiger charge is 2.14. The van der Waals surface area contributed by atoms with Crippen molar-refractivity contribution in [2.75, 3.05) is 13.7 Å². The van der Waals surface area contributed by atoms with E-state index in [0.717, 1.165) is 5.56 Å². The number of hydrogen-bond donors (Lipinski definition) is 1. The predicted octanol–water partition coefficient (Wildman–Crippen LogP) is 3.16. The molecule has 2 nitrogen and oxygen atoms in total. The van der Waals surface area contributed by atoms with Crippen LogP contribution in [0.15, 0.2) is 18.2 Å². The SMILES string of the molecule is CNC(COC(C)C)c1cc(F)ccc1Cl. The van der Waals surface area contributed by atoms with E-state index in [9.17, 15) is 4.39 Å². The maximum Gasteiger partial charge on any atom is 0.123 e. The summed E-state index contributed by atoms with van der Waals surface area (Å²) in [6.07, 6.45) is 0.142. The van der Waals surface area contributed by atoms with Gasteiger partial charge in [-0.05, 0) is 44.7 Å². The van der Waals surface area contributed by atoms with Crippen molar-refractivity contribution >= 4 is 11.6 Å². The van der Waals surface area contributed by atoms with Gasteiger partial charge in [-0.3, -0.25) is 0 Å². The van der Waals surface area contributed by atoms with E-state index in [0.29, 0.717) is 11.6 Å². The summed E-state index contributed by atoms with van der Waals surface area (Å²) >= 11 is 6.02. The van der Waals surface area contributed by atoms with Gasteiger partial charge in [0.15, 0.2) is 0 Å². The fraction of sp³-hybridized carbons (Fsp3) is 0.500. The number of benzene rings is 1. The van der Waals surface area contributed by atoms with Gasteiger partial charge in [-0.1, -0.05) is 11.6 Å². The van der Waals surface area contributed by atoms with Crippen molar-refractivity contribution in [3.63, 3.8) is 0 Å². The average Bonchev–Trinajstić information content (AvgIpc) is 2.23. The molecule has 0 aliphatic carbocycles. The Morgan fingerprint density at radius 3 is 2.69 bits per heavy atom. The zero-order chi connectivity index (χ0) is 12.1. The highest BCUT2D eigenvalue weighted by molar-refractivity contribution is 6.31. The number of nitrogens with one attached hydrogen (secondary N) is 1. The zero-order valence-electron chi connectivity index (χ0n) is 9.76. The van der Waals surface area contributed by atoms with E-state index in [1.807, 2.05) is 13.8 Å². The van der Waals surface area contributed by atoms with Gasteiger partial charge in [-0.2, -0.15) is 0 Å². The van der Waals surface area contributed by atoms with Crippen molar-refractivity contribution in [2.45, 2.75) is 26.0 Å². The minimum absolute atomic E-state index is 0.0920. The van der Waals surface area contributed by atoms with Crippen LogP contribution in [0.4, 0.5) is 4.39 Å². The molecule has 1 unspecified atom stereocenters. The van der Waals surface area contributed by atoms with Gasteiger partial charge in [0.1, 0.15) is 5.82 Å². The Morgan fingerprint density at radius 2 is 2.12 bits per heavy atom. The summed E-state index contributed by atoms with van der Waals surface area (Å²) in [5.41, 5.74) is 0.727. The first-order valence-corrected chi connectivity index (χ1v) is 5.66. The van der Waals surface area contributed by atoms with Crippen LogP contribution >= 0.6 is 11.6 Å². The van der Waals surface area contributed by atoms with E-state index in [4.69, 9.17) is 16.3 Å². The predicted molar refractivity (Wildman–Crippen MR) is 64.3 cm³/mol. The molecule has 4 heteroatoms. The van der Waals surface area contributed by atoms with Crippen molar-refractivity contribution in [1.29, 1.82) is 0 Å². The van der Waals surface area contributed by atoms with Gasteiger partial charge in [0.05, 0.1) is 18.8 Å². The molecule has 0 aromatic heterocycles. The molecule has 0 fully saturated rings. The quantitative estimate of drug-likeness (QED) is 0.861. The maximum atomic E-state index is 13.1. The van der Waals surface area contributed by atoms with Crippen LogP contribution in [-0.4, -0.2) is 19.8 Å². The van der Waals surface area contributed by atoms with Gasteiger partial charge >= 0.3 is 0 Å². The Hall–Kier alpha value is -0.640. The molecular formula is C12H17ClFNO. The van der Waals surface area contributed by atoms with Crippen LogP contribution in [0.1, 0.15) is 25.5 Å². The lowest BCUT2D eigenvalue weighted by molar-refractivity contribution is 0.0626. The highest BCUT2D eigenvalue weighted by Crippen LogP contribution is 2.24. The normalized spacial score (nSPS) is 13.1. The first kappa shape index (κ1) is 13.4. The largest absolute Gasteiger partial charge is 0.377 e. The van der Waals surface area contributed by atoms with E-state index in [2.05, 4.69) is 5.32 Å². The van der Waals surface area contributed by atoms with Crippen molar-refractivity contribution in [1.82, 2.24) is 5.32 Å². The third-order valence-corrected chi connectivity index (χ3v) is 2.62. The summed E-state index contributed by atoms with van der Waals surface area (Å²) in [5, 5.41) is 3.61. The monoisotopic (exact) mass is 245 g/mol. The molecule has 0 heterocycles. The molecule has 1 aromatic rings. The first-order valence-electron chi connectivity index (χ1n) is 5.28. The molecule has 1 N–H and O–H groups in total. The molecule has 0 aliphatic heterocycles. The topological polar surface area (TPSA) is 21.3 Å². The maximum absolute atomic E-state index is 13.1. The van der Waals surface area contributed by atoms with Gasteiger partial charge in [-0.25, -0.2) is 4.39 Å². The molecule has 16 heavy (non-hydrogen) atoms. The minimum atomic E-state index is -0.288. The molecule has 0 amide bonds. The average molecular weight is 246 g/mol. The fourth-order valence-corrected chi connectivity index (χ4v) is 1.65. The zero-order valence-corrected chi connectivity index (χ0v) is 10.5. The van der Waals surface area contributed by atoms with Gasteiger partial charge < -0.3 is 10.1 Å². The summed E-state index contributed by atoms with van der Waals surface area (Å²) < 4.78 is 18.6. The lowest BCUT2D eigenvalue weighted by Crippen LogP contribution is -2.24. The van der Waals surface area contributed by atoms with Gasteiger partial charge in [0.25, 0.3) is 0 Å². The molecular weight excluding hydrogens is 229 g/mol. The molecule has 0 spiro atoms. The summed E-state index contributed by atoms with van der Waals surface area (Å²) in [6.45, 7) is 4.39. The van der Waals surface area contributed by atoms with Crippen molar-refractivity contribution in [2.24, 2.45) is 0 Å². The lowest BCUT2D eigenvalue weighted by atomic mass is 10.1. The molecule has 0 bridgehead atoms. The fourth-order valence-electron chi connectivity index (χ4n) is 1.40. The Bertz CT molecular complexity index is 344. The van der Waals surface area contributed by atoms with Crippen LogP contribution in [0.25, 0.3) is 0 Å². The number of ether oxygens (including phenoxy) is 1. The molecule has 0 aliphatic rings. The molecule has 0 saturated heterocycles. The first-order chi connectivity index (χ1) is 7.54. The van der Waals surface area contributed by atoms with Crippen LogP contribution in [0.2, 0.25) is 5.02 Å². The van der Waals surface area contributed by atoms with Gasteiger partial charge in [-0.15, -0.1) is 0 Å². The highest BCUT2D eigenvalue weighted by atomic mass is 35.5. The van der Waals surface area contributed by atoms with Crippen LogP contribution < -0.4 is 5.32 Å².